The first kappa shape index (κ1) is 12.6. The smallest absolute Gasteiger partial charge is 0.0121 e. The Morgan fingerprint density at radius 2 is 2.07 bits per heavy atom. The molecule has 1 fully saturated rings. The van der Waals surface area contributed by atoms with Gasteiger partial charge in [0.2, 0.25) is 0 Å². The quantitative estimate of drug-likeness (QED) is 0.520. The molecule has 86 valence electrons. The van der Waals surface area contributed by atoms with Crippen LogP contribution in [0.5, 0.6) is 0 Å². The Bertz CT molecular complexity index is 208. The van der Waals surface area contributed by atoms with Gasteiger partial charge in [-0.1, -0.05) is 19.8 Å². The molecule has 0 amide bonds. The molecule has 1 nitrogen and oxygen atoms in total. The van der Waals surface area contributed by atoms with E-state index in [0.717, 1.165) is 6.42 Å². The van der Waals surface area contributed by atoms with Crippen molar-refractivity contribution in [3.05, 3.63) is 0 Å². The van der Waals surface area contributed by atoms with E-state index in [-0.39, 0.29) is 0 Å². The Balaban J connectivity index is 2.51. The van der Waals surface area contributed by atoms with Gasteiger partial charge in [-0.3, -0.25) is 0 Å². The van der Waals surface area contributed by atoms with Crippen LogP contribution in [0.3, 0.4) is 0 Å². The van der Waals surface area contributed by atoms with Crippen molar-refractivity contribution in [2.45, 2.75) is 64.3 Å². The van der Waals surface area contributed by atoms with Gasteiger partial charge in [-0.2, -0.15) is 0 Å². The lowest BCUT2D eigenvalue weighted by Gasteiger charge is -2.37. The molecule has 0 spiro atoms. The van der Waals surface area contributed by atoms with Crippen LogP contribution in [0.25, 0.3) is 0 Å². The van der Waals surface area contributed by atoms with E-state index in [1.165, 1.54) is 44.9 Å². The van der Waals surface area contributed by atoms with E-state index < -0.39 is 0 Å². The highest BCUT2D eigenvalue weighted by atomic mass is 14.9. The molecule has 1 rings (SSSR count). The molecular formula is C14H25N. The molecule has 0 radical (unpaired) electrons. The zero-order valence-corrected chi connectivity index (χ0v) is 10.3. The molecule has 0 aromatic rings. The van der Waals surface area contributed by atoms with Crippen LogP contribution in [-0.4, -0.2) is 13.1 Å². The predicted octanol–water partition coefficient (Wildman–Crippen LogP) is 3.35. The third-order valence-electron chi connectivity index (χ3n) is 4.21. The first-order valence-corrected chi connectivity index (χ1v) is 6.40. The SMILES string of the molecule is C#CCCCC(NC)C1(CC)CCCC1. The molecule has 1 aliphatic carbocycles. The zero-order chi connectivity index (χ0) is 11.1. The second-order valence-corrected chi connectivity index (χ2v) is 4.86. The van der Waals surface area contributed by atoms with Gasteiger partial charge in [0.25, 0.3) is 0 Å². The summed E-state index contributed by atoms with van der Waals surface area (Å²) in [5.41, 5.74) is 0.573. The summed E-state index contributed by atoms with van der Waals surface area (Å²) < 4.78 is 0. The van der Waals surface area contributed by atoms with E-state index in [9.17, 15) is 0 Å². The van der Waals surface area contributed by atoms with Crippen molar-refractivity contribution < 1.29 is 0 Å². The molecule has 1 atom stereocenters. The van der Waals surface area contributed by atoms with Crippen molar-refractivity contribution >= 4 is 0 Å². The Morgan fingerprint density at radius 3 is 2.53 bits per heavy atom. The molecule has 1 heteroatoms. The summed E-state index contributed by atoms with van der Waals surface area (Å²) >= 11 is 0. The molecule has 0 aliphatic heterocycles. The molecule has 0 heterocycles. The lowest BCUT2D eigenvalue weighted by atomic mass is 9.74. The number of rotatable bonds is 6. The fourth-order valence-corrected chi connectivity index (χ4v) is 3.19. The topological polar surface area (TPSA) is 12.0 Å². The summed E-state index contributed by atoms with van der Waals surface area (Å²) in [5.74, 6) is 2.74. The molecule has 0 saturated heterocycles. The van der Waals surface area contributed by atoms with E-state index in [2.05, 4.69) is 25.2 Å². The summed E-state index contributed by atoms with van der Waals surface area (Å²) in [6.07, 6.45) is 15.6. The Labute approximate surface area is 95.0 Å². The average molecular weight is 207 g/mol. The van der Waals surface area contributed by atoms with Crippen molar-refractivity contribution in [1.82, 2.24) is 5.32 Å². The maximum absolute atomic E-state index is 5.30. The van der Waals surface area contributed by atoms with Crippen LogP contribution < -0.4 is 5.32 Å². The van der Waals surface area contributed by atoms with E-state index in [1.54, 1.807) is 0 Å². The minimum Gasteiger partial charge on any atom is -0.316 e. The second-order valence-electron chi connectivity index (χ2n) is 4.86. The van der Waals surface area contributed by atoms with Crippen molar-refractivity contribution in [2.75, 3.05) is 7.05 Å². The van der Waals surface area contributed by atoms with Crippen molar-refractivity contribution in [1.29, 1.82) is 0 Å². The van der Waals surface area contributed by atoms with Crippen LogP contribution in [0, 0.1) is 17.8 Å². The van der Waals surface area contributed by atoms with Crippen LogP contribution in [0.15, 0.2) is 0 Å². The number of unbranched alkanes of at least 4 members (excludes halogenated alkanes) is 1. The van der Waals surface area contributed by atoms with Crippen molar-refractivity contribution in [2.24, 2.45) is 5.41 Å². The molecule has 1 saturated carbocycles. The first-order chi connectivity index (χ1) is 7.29. The Hall–Kier alpha value is -0.480. The number of hydrogen-bond acceptors (Lipinski definition) is 1. The van der Waals surface area contributed by atoms with Crippen LogP contribution >= 0.6 is 0 Å². The summed E-state index contributed by atoms with van der Waals surface area (Å²) in [6.45, 7) is 2.34. The molecule has 1 unspecified atom stereocenters. The maximum atomic E-state index is 5.30. The summed E-state index contributed by atoms with van der Waals surface area (Å²) in [6, 6.07) is 0.679. The summed E-state index contributed by atoms with van der Waals surface area (Å²) in [5, 5.41) is 3.53. The summed E-state index contributed by atoms with van der Waals surface area (Å²) in [4.78, 5) is 0. The zero-order valence-electron chi connectivity index (χ0n) is 10.3. The highest BCUT2D eigenvalue weighted by Crippen LogP contribution is 2.45. The molecule has 1 N–H and O–H groups in total. The molecule has 15 heavy (non-hydrogen) atoms. The lowest BCUT2D eigenvalue weighted by molar-refractivity contribution is 0.182. The van der Waals surface area contributed by atoms with E-state index >= 15 is 0 Å². The average Bonchev–Trinajstić information content (AvgIpc) is 2.74. The van der Waals surface area contributed by atoms with Gasteiger partial charge in [0.05, 0.1) is 0 Å². The second kappa shape index (κ2) is 6.18. The van der Waals surface area contributed by atoms with Gasteiger partial charge in [0.15, 0.2) is 0 Å². The molecular weight excluding hydrogens is 182 g/mol. The molecule has 0 bridgehead atoms. The van der Waals surface area contributed by atoms with Crippen LogP contribution in [0.2, 0.25) is 0 Å². The van der Waals surface area contributed by atoms with Crippen LogP contribution in [-0.2, 0) is 0 Å². The van der Waals surface area contributed by atoms with E-state index in [1.807, 2.05) is 0 Å². The highest BCUT2D eigenvalue weighted by molar-refractivity contribution is 4.94. The van der Waals surface area contributed by atoms with Gasteiger partial charge in [0, 0.05) is 12.5 Å². The monoisotopic (exact) mass is 207 g/mol. The Kier molecular flexibility index (Phi) is 5.19. The normalized spacial score (nSPS) is 21.1. The van der Waals surface area contributed by atoms with Gasteiger partial charge in [-0.05, 0) is 44.6 Å². The number of terminal acetylenes is 1. The van der Waals surface area contributed by atoms with Gasteiger partial charge in [0.1, 0.15) is 0 Å². The first-order valence-electron chi connectivity index (χ1n) is 6.40. The largest absolute Gasteiger partial charge is 0.316 e. The summed E-state index contributed by atoms with van der Waals surface area (Å²) in [7, 11) is 2.11. The van der Waals surface area contributed by atoms with Gasteiger partial charge >= 0.3 is 0 Å². The standard InChI is InChI=1S/C14H25N/c1-4-6-7-10-13(15-3)14(5-2)11-8-9-12-14/h1,13,15H,5-12H2,2-3H3. The fourth-order valence-electron chi connectivity index (χ4n) is 3.19. The predicted molar refractivity (Wildman–Crippen MR) is 66.7 cm³/mol. The molecule has 0 aromatic heterocycles. The van der Waals surface area contributed by atoms with Gasteiger partial charge < -0.3 is 5.32 Å². The molecule has 1 aliphatic rings. The lowest BCUT2D eigenvalue weighted by Crippen LogP contribution is -2.41. The van der Waals surface area contributed by atoms with Crippen LogP contribution in [0.1, 0.15) is 58.3 Å². The van der Waals surface area contributed by atoms with Gasteiger partial charge in [-0.25, -0.2) is 0 Å². The Morgan fingerprint density at radius 1 is 1.40 bits per heavy atom. The number of nitrogens with one attached hydrogen (secondary N) is 1. The van der Waals surface area contributed by atoms with Crippen molar-refractivity contribution in [3.63, 3.8) is 0 Å². The minimum absolute atomic E-state index is 0.573. The van der Waals surface area contributed by atoms with E-state index in [4.69, 9.17) is 6.42 Å². The highest BCUT2D eigenvalue weighted by Gasteiger charge is 2.38. The third-order valence-corrected chi connectivity index (χ3v) is 4.21. The number of hydrogen-bond donors (Lipinski definition) is 1. The molecule has 0 aromatic carbocycles. The van der Waals surface area contributed by atoms with Gasteiger partial charge in [-0.15, -0.1) is 12.3 Å². The van der Waals surface area contributed by atoms with Crippen LogP contribution in [0.4, 0.5) is 0 Å². The maximum Gasteiger partial charge on any atom is 0.0121 e. The minimum atomic E-state index is 0.573. The van der Waals surface area contributed by atoms with Crippen molar-refractivity contribution in [3.8, 4) is 12.3 Å². The fraction of sp³-hybridized carbons (Fsp3) is 0.857. The van der Waals surface area contributed by atoms with E-state index in [0.29, 0.717) is 11.5 Å². The third kappa shape index (κ3) is 2.98.